The van der Waals surface area contributed by atoms with Crippen molar-refractivity contribution in [1.82, 2.24) is 0 Å². The number of aromatic hydroxyl groups is 1. The van der Waals surface area contributed by atoms with Crippen molar-refractivity contribution < 1.29 is 31.9 Å². The molecule has 0 aliphatic carbocycles. The van der Waals surface area contributed by atoms with Gasteiger partial charge < -0.3 is 14.3 Å². The van der Waals surface area contributed by atoms with Gasteiger partial charge in [-0.15, -0.1) is 0 Å². The highest BCUT2D eigenvalue weighted by Gasteiger charge is 2.27. The highest BCUT2D eigenvalue weighted by atomic mass is 35.5. The number of furan rings is 1. The summed E-state index contributed by atoms with van der Waals surface area (Å²) in [6, 6.07) is 3.48. The maximum absolute atomic E-state index is 13.9. The lowest BCUT2D eigenvalue weighted by Crippen LogP contribution is -2.11. The minimum atomic E-state index is -3.81. The number of nitrogens with one attached hydrogen (secondary N) is 1. The van der Waals surface area contributed by atoms with Crippen molar-refractivity contribution in [3.63, 3.8) is 0 Å². The number of halogens is 2. The quantitative estimate of drug-likeness (QED) is 0.809. The minimum Gasteiger partial charge on any atom is -0.502 e. The third kappa shape index (κ3) is 3.93. The van der Waals surface area contributed by atoms with Gasteiger partial charge in [0.1, 0.15) is 5.82 Å². The normalized spacial score (nSPS) is 11.3. The minimum absolute atomic E-state index is 0.156. The summed E-state index contributed by atoms with van der Waals surface area (Å²) in [4.78, 5) is 11.1. The average molecular weight is 364 g/mol. The maximum atomic E-state index is 13.9. The zero-order valence-corrected chi connectivity index (χ0v) is 13.5. The lowest BCUT2D eigenvalue weighted by Gasteiger charge is -2.02. The van der Waals surface area contributed by atoms with Crippen LogP contribution >= 0.6 is 11.6 Å². The Bertz CT molecular complexity index is 877. The van der Waals surface area contributed by atoms with Crippen LogP contribution in [0.15, 0.2) is 22.6 Å². The monoisotopic (exact) mass is 363 g/mol. The number of esters is 1. The Balaban J connectivity index is 2.66. The standard InChI is InChI=1S/C13H11ClFNO6S/c1-6(17)21-12-10(18)11(22-13(12)16-23(2,19)20)8-5-7(14)3-4-9(8)15/h3-5,16,18H,1-2H3. The highest BCUT2D eigenvalue weighted by molar-refractivity contribution is 7.92. The summed E-state index contributed by atoms with van der Waals surface area (Å²) in [5.41, 5.74) is -0.232. The fourth-order valence-corrected chi connectivity index (χ4v) is 2.38. The van der Waals surface area contributed by atoms with E-state index in [4.69, 9.17) is 20.8 Å². The Kier molecular flexibility index (Phi) is 4.53. The number of rotatable bonds is 4. The van der Waals surface area contributed by atoms with Crippen LogP contribution in [0.3, 0.4) is 0 Å². The van der Waals surface area contributed by atoms with Gasteiger partial charge in [-0.1, -0.05) is 11.6 Å². The first-order valence-electron chi connectivity index (χ1n) is 6.06. The van der Waals surface area contributed by atoms with Crippen molar-refractivity contribution in [2.24, 2.45) is 0 Å². The van der Waals surface area contributed by atoms with Crippen molar-refractivity contribution in [2.75, 3.05) is 11.0 Å². The van der Waals surface area contributed by atoms with Gasteiger partial charge in [-0.25, -0.2) is 12.8 Å². The number of sulfonamides is 1. The smallest absolute Gasteiger partial charge is 0.308 e. The van der Waals surface area contributed by atoms with Crippen LogP contribution < -0.4 is 9.46 Å². The van der Waals surface area contributed by atoms with Gasteiger partial charge >= 0.3 is 5.97 Å². The molecule has 0 bridgehead atoms. The number of anilines is 1. The van der Waals surface area contributed by atoms with Crippen molar-refractivity contribution in [1.29, 1.82) is 0 Å². The maximum Gasteiger partial charge on any atom is 0.308 e. The Morgan fingerprint density at radius 3 is 2.65 bits per heavy atom. The van der Waals surface area contributed by atoms with Crippen LogP contribution in [0.4, 0.5) is 10.3 Å². The number of hydrogen-bond acceptors (Lipinski definition) is 6. The molecular weight excluding hydrogens is 353 g/mol. The predicted octanol–water partition coefficient (Wildman–Crippen LogP) is 2.74. The Morgan fingerprint density at radius 2 is 2.09 bits per heavy atom. The molecule has 2 aromatic rings. The van der Waals surface area contributed by atoms with Crippen molar-refractivity contribution in [3.8, 4) is 22.8 Å². The summed E-state index contributed by atoms with van der Waals surface area (Å²) in [5.74, 6) is -3.93. The molecule has 0 unspecified atom stereocenters. The van der Waals surface area contributed by atoms with E-state index in [9.17, 15) is 22.7 Å². The molecule has 0 aliphatic heterocycles. The van der Waals surface area contributed by atoms with Gasteiger partial charge in [0.2, 0.25) is 21.5 Å². The molecular formula is C13H11ClFNO6S. The van der Waals surface area contributed by atoms with Gasteiger partial charge in [0.15, 0.2) is 5.76 Å². The fourth-order valence-electron chi connectivity index (χ4n) is 1.74. The van der Waals surface area contributed by atoms with E-state index in [0.29, 0.717) is 0 Å². The van der Waals surface area contributed by atoms with Crippen LogP contribution in [0.5, 0.6) is 11.5 Å². The van der Waals surface area contributed by atoms with E-state index in [-0.39, 0.29) is 10.6 Å². The zero-order valence-electron chi connectivity index (χ0n) is 11.9. The number of carbonyl (C=O) groups excluding carboxylic acids is 1. The Hall–Kier alpha value is -2.26. The van der Waals surface area contributed by atoms with E-state index < -0.39 is 45.0 Å². The first-order chi connectivity index (χ1) is 10.6. The topological polar surface area (TPSA) is 106 Å². The van der Waals surface area contributed by atoms with Gasteiger partial charge in [-0.2, -0.15) is 0 Å². The van der Waals surface area contributed by atoms with Crippen LogP contribution in [-0.4, -0.2) is 25.7 Å². The Morgan fingerprint density at radius 1 is 1.43 bits per heavy atom. The third-order valence-corrected chi connectivity index (χ3v) is 3.33. The molecule has 0 saturated heterocycles. The van der Waals surface area contributed by atoms with Gasteiger partial charge in [-0.05, 0) is 18.2 Å². The number of carbonyl (C=O) groups is 1. The van der Waals surface area contributed by atoms with E-state index in [2.05, 4.69) is 0 Å². The molecule has 2 rings (SSSR count). The van der Waals surface area contributed by atoms with Gasteiger partial charge in [-0.3, -0.25) is 9.52 Å². The summed E-state index contributed by atoms with van der Waals surface area (Å²) < 4.78 is 48.3. The van der Waals surface area contributed by atoms with Crippen molar-refractivity contribution >= 4 is 33.5 Å². The lowest BCUT2D eigenvalue weighted by molar-refractivity contribution is -0.131. The van der Waals surface area contributed by atoms with Crippen LogP contribution in [-0.2, 0) is 14.8 Å². The summed E-state index contributed by atoms with van der Waals surface area (Å²) in [7, 11) is -3.81. The molecule has 23 heavy (non-hydrogen) atoms. The first-order valence-corrected chi connectivity index (χ1v) is 8.33. The summed E-state index contributed by atoms with van der Waals surface area (Å²) in [5, 5.41) is 10.3. The molecule has 0 saturated carbocycles. The molecule has 0 spiro atoms. The molecule has 0 radical (unpaired) electrons. The molecule has 1 heterocycles. The zero-order chi connectivity index (χ0) is 17.4. The van der Waals surface area contributed by atoms with Crippen LogP contribution in [0, 0.1) is 5.82 Å². The predicted molar refractivity (Wildman–Crippen MR) is 80.6 cm³/mol. The SMILES string of the molecule is CC(=O)Oc1c(NS(C)(=O)=O)oc(-c2cc(Cl)ccc2F)c1O. The van der Waals surface area contributed by atoms with Crippen LogP contribution in [0.2, 0.25) is 5.02 Å². The summed E-state index contributed by atoms with van der Waals surface area (Å²) in [6.45, 7) is 1.04. The molecule has 0 aliphatic rings. The molecule has 0 amide bonds. The molecule has 10 heteroatoms. The Labute approximate surface area is 135 Å². The summed E-state index contributed by atoms with van der Waals surface area (Å²) >= 11 is 5.77. The molecule has 1 aromatic carbocycles. The molecule has 0 atom stereocenters. The van der Waals surface area contributed by atoms with Gasteiger partial charge in [0.05, 0.1) is 11.8 Å². The van der Waals surface area contributed by atoms with E-state index in [1.807, 2.05) is 4.72 Å². The van der Waals surface area contributed by atoms with Crippen LogP contribution in [0.25, 0.3) is 11.3 Å². The van der Waals surface area contributed by atoms with E-state index in [1.54, 1.807) is 0 Å². The second kappa shape index (κ2) is 6.09. The van der Waals surface area contributed by atoms with E-state index >= 15 is 0 Å². The number of hydrogen-bond donors (Lipinski definition) is 2. The van der Waals surface area contributed by atoms with Gasteiger partial charge in [0.25, 0.3) is 5.88 Å². The van der Waals surface area contributed by atoms with Crippen molar-refractivity contribution in [2.45, 2.75) is 6.92 Å². The van der Waals surface area contributed by atoms with E-state index in [0.717, 1.165) is 25.3 Å². The van der Waals surface area contributed by atoms with E-state index in [1.165, 1.54) is 6.07 Å². The third-order valence-electron chi connectivity index (χ3n) is 2.54. The average Bonchev–Trinajstić information content (AvgIpc) is 2.68. The molecule has 2 N–H and O–H groups in total. The molecule has 7 nitrogen and oxygen atoms in total. The second-order valence-corrected chi connectivity index (χ2v) is 6.71. The lowest BCUT2D eigenvalue weighted by atomic mass is 10.1. The highest BCUT2D eigenvalue weighted by Crippen LogP contribution is 2.47. The molecule has 0 fully saturated rings. The number of ether oxygens (including phenoxy) is 1. The largest absolute Gasteiger partial charge is 0.502 e. The molecule has 1 aromatic heterocycles. The fraction of sp³-hybridized carbons (Fsp3) is 0.154. The number of benzene rings is 1. The summed E-state index contributed by atoms with van der Waals surface area (Å²) in [6.07, 6.45) is 0.823. The van der Waals surface area contributed by atoms with Crippen LogP contribution in [0.1, 0.15) is 6.92 Å². The van der Waals surface area contributed by atoms with Gasteiger partial charge in [0, 0.05) is 11.9 Å². The second-order valence-electron chi connectivity index (χ2n) is 4.53. The first kappa shape index (κ1) is 17.1. The van der Waals surface area contributed by atoms with Crippen molar-refractivity contribution in [3.05, 3.63) is 29.0 Å². The molecule has 124 valence electrons.